The van der Waals surface area contributed by atoms with Gasteiger partial charge in [-0.2, -0.15) is 5.10 Å². The Morgan fingerprint density at radius 2 is 1.89 bits per heavy atom. The average molecular weight is 492 g/mol. The van der Waals surface area contributed by atoms with E-state index in [9.17, 15) is 9.90 Å². The van der Waals surface area contributed by atoms with Gasteiger partial charge in [0, 0.05) is 17.7 Å². The number of aromatic nitrogens is 2. The van der Waals surface area contributed by atoms with Gasteiger partial charge in [0.2, 0.25) is 0 Å². The number of carbonyl (C=O) groups excluding carboxylic acids is 1. The summed E-state index contributed by atoms with van der Waals surface area (Å²) in [5, 5.41) is 18.0. The van der Waals surface area contributed by atoms with Gasteiger partial charge in [0.1, 0.15) is 17.1 Å². The predicted molar refractivity (Wildman–Crippen MR) is 141 cm³/mol. The summed E-state index contributed by atoms with van der Waals surface area (Å²) in [6.45, 7) is 10.2. The lowest BCUT2D eigenvalue weighted by molar-refractivity contribution is 0.0740. The van der Waals surface area contributed by atoms with Crippen LogP contribution in [0.3, 0.4) is 0 Å². The molecule has 0 fully saturated rings. The van der Waals surface area contributed by atoms with Crippen molar-refractivity contribution in [2.24, 2.45) is 5.92 Å². The third-order valence-corrected chi connectivity index (χ3v) is 6.56. The van der Waals surface area contributed by atoms with Crippen molar-refractivity contribution in [3.05, 3.63) is 59.3 Å². The number of phenols is 1. The van der Waals surface area contributed by atoms with E-state index in [0.29, 0.717) is 54.1 Å². The Labute approximate surface area is 213 Å². The van der Waals surface area contributed by atoms with Gasteiger partial charge in [-0.25, -0.2) is 0 Å². The number of unbranched alkanes of at least 4 members (excludes halogenated alkanes) is 2. The summed E-state index contributed by atoms with van der Waals surface area (Å²) in [5.74, 6) is 1.98. The molecule has 1 aliphatic rings. The zero-order valence-corrected chi connectivity index (χ0v) is 21.7. The van der Waals surface area contributed by atoms with E-state index in [0.717, 1.165) is 36.8 Å². The topological polar surface area (TPSA) is 87.7 Å². The number of aromatic hydroxyl groups is 1. The minimum atomic E-state index is -0.346. The Bertz CT molecular complexity index is 1190. The van der Waals surface area contributed by atoms with E-state index in [1.807, 2.05) is 42.2 Å². The van der Waals surface area contributed by atoms with Crippen LogP contribution in [0.25, 0.3) is 11.3 Å². The van der Waals surface area contributed by atoms with E-state index in [2.05, 4.69) is 31.0 Å². The van der Waals surface area contributed by atoms with Crippen molar-refractivity contribution in [1.29, 1.82) is 0 Å². The van der Waals surface area contributed by atoms with Crippen LogP contribution in [0.15, 0.2) is 42.5 Å². The molecule has 0 aliphatic carbocycles. The molecule has 0 saturated carbocycles. The number of H-pyrrole nitrogens is 1. The first-order valence-corrected chi connectivity index (χ1v) is 13.0. The molecule has 0 bridgehead atoms. The summed E-state index contributed by atoms with van der Waals surface area (Å²) in [6, 6.07) is 12.7. The number of carbonyl (C=O) groups is 1. The number of fused-ring (bicyclic) bond motifs is 1. The number of amides is 1. The van der Waals surface area contributed by atoms with Crippen LogP contribution in [0.5, 0.6) is 17.2 Å². The maximum atomic E-state index is 13.5. The molecule has 1 aromatic heterocycles. The summed E-state index contributed by atoms with van der Waals surface area (Å²) in [6.07, 6.45) is 3.98. The highest BCUT2D eigenvalue weighted by Gasteiger charge is 2.42. The predicted octanol–water partition coefficient (Wildman–Crippen LogP) is 6.34. The number of aromatic amines is 1. The van der Waals surface area contributed by atoms with Gasteiger partial charge in [0.15, 0.2) is 11.5 Å². The standard InChI is InChI=1S/C29H37N3O4/c1-5-7-10-16-32-28(20-13-14-23(24(18-20)35-6-2)36-17-15-19(3)4)25-26(30-31-27(25)29(32)34)21-11-8-9-12-22(21)33/h8-9,11-14,18-19,28,33H,5-7,10,15-17H2,1-4H3,(H,30,31). The van der Waals surface area contributed by atoms with Crippen molar-refractivity contribution >= 4 is 5.91 Å². The largest absolute Gasteiger partial charge is 0.507 e. The van der Waals surface area contributed by atoms with Gasteiger partial charge in [-0.1, -0.05) is 51.8 Å². The van der Waals surface area contributed by atoms with Gasteiger partial charge < -0.3 is 19.5 Å². The van der Waals surface area contributed by atoms with Crippen LogP contribution in [-0.2, 0) is 0 Å². The molecule has 4 rings (SSSR count). The summed E-state index contributed by atoms with van der Waals surface area (Å²) in [7, 11) is 0. The first-order chi connectivity index (χ1) is 17.5. The third kappa shape index (κ3) is 5.20. The van der Waals surface area contributed by atoms with Crippen LogP contribution in [0.1, 0.15) is 81.0 Å². The molecule has 1 unspecified atom stereocenters. The molecule has 2 heterocycles. The molecule has 0 radical (unpaired) electrons. The van der Waals surface area contributed by atoms with E-state index in [4.69, 9.17) is 9.47 Å². The summed E-state index contributed by atoms with van der Waals surface area (Å²) in [5.41, 5.74) is 3.38. The fourth-order valence-corrected chi connectivity index (χ4v) is 4.67. The van der Waals surface area contributed by atoms with E-state index in [-0.39, 0.29) is 17.7 Å². The molecule has 192 valence electrons. The lowest BCUT2D eigenvalue weighted by Crippen LogP contribution is -2.30. The van der Waals surface area contributed by atoms with Gasteiger partial charge in [-0.15, -0.1) is 0 Å². The van der Waals surface area contributed by atoms with Gasteiger partial charge in [-0.3, -0.25) is 9.89 Å². The average Bonchev–Trinajstić information content (AvgIpc) is 3.39. The van der Waals surface area contributed by atoms with Crippen LogP contribution >= 0.6 is 0 Å². The molecule has 2 aromatic carbocycles. The van der Waals surface area contributed by atoms with Crippen LogP contribution in [0.2, 0.25) is 0 Å². The lowest BCUT2D eigenvalue weighted by atomic mass is 9.95. The number of ether oxygens (including phenoxy) is 2. The second kappa shape index (κ2) is 11.5. The number of phenolic OH excluding ortho intramolecular Hbond substituents is 1. The fourth-order valence-electron chi connectivity index (χ4n) is 4.67. The zero-order valence-electron chi connectivity index (χ0n) is 21.7. The number of nitrogens with zero attached hydrogens (tertiary/aromatic N) is 2. The van der Waals surface area contributed by atoms with Gasteiger partial charge in [0.25, 0.3) is 5.91 Å². The van der Waals surface area contributed by atoms with Crippen LogP contribution < -0.4 is 9.47 Å². The highest BCUT2D eigenvalue weighted by atomic mass is 16.5. The third-order valence-electron chi connectivity index (χ3n) is 6.56. The first kappa shape index (κ1) is 25.6. The van der Waals surface area contributed by atoms with Crippen molar-refractivity contribution in [2.75, 3.05) is 19.8 Å². The van der Waals surface area contributed by atoms with Crippen molar-refractivity contribution < 1.29 is 19.4 Å². The van der Waals surface area contributed by atoms with Crippen LogP contribution in [0, 0.1) is 5.92 Å². The van der Waals surface area contributed by atoms with E-state index in [1.54, 1.807) is 12.1 Å². The van der Waals surface area contributed by atoms with Crippen molar-refractivity contribution in [3.63, 3.8) is 0 Å². The highest BCUT2D eigenvalue weighted by Crippen LogP contribution is 2.46. The minimum Gasteiger partial charge on any atom is -0.507 e. The molecule has 3 aromatic rings. The molecule has 2 N–H and O–H groups in total. The second-order valence-electron chi connectivity index (χ2n) is 9.66. The molecule has 0 saturated heterocycles. The number of nitrogens with one attached hydrogen (secondary N) is 1. The smallest absolute Gasteiger partial charge is 0.273 e. The van der Waals surface area contributed by atoms with Crippen molar-refractivity contribution in [3.8, 4) is 28.5 Å². The maximum Gasteiger partial charge on any atom is 0.273 e. The Morgan fingerprint density at radius 3 is 2.61 bits per heavy atom. The fraction of sp³-hybridized carbons (Fsp3) is 0.448. The summed E-state index contributed by atoms with van der Waals surface area (Å²) in [4.78, 5) is 15.4. The van der Waals surface area contributed by atoms with Crippen LogP contribution in [-0.4, -0.2) is 45.9 Å². The molecule has 1 amide bonds. The molecular weight excluding hydrogens is 454 g/mol. The Morgan fingerprint density at radius 1 is 1.08 bits per heavy atom. The molecule has 0 spiro atoms. The Hall–Kier alpha value is -3.48. The molecule has 1 atom stereocenters. The first-order valence-electron chi connectivity index (χ1n) is 13.0. The minimum absolute atomic E-state index is 0.0736. The monoisotopic (exact) mass is 491 g/mol. The van der Waals surface area contributed by atoms with E-state index in [1.165, 1.54) is 0 Å². The van der Waals surface area contributed by atoms with Gasteiger partial charge in [0.05, 0.1) is 19.3 Å². The zero-order chi connectivity index (χ0) is 25.7. The molecular formula is C29H37N3O4. The Kier molecular flexibility index (Phi) is 8.18. The summed E-state index contributed by atoms with van der Waals surface area (Å²) >= 11 is 0. The maximum absolute atomic E-state index is 13.5. The van der Waals surface area contributed by atoms with E-state index < -0.39 is 0 Å². The molecule has 7 heteroatoms. The molecule has 36 heavy (non-hydrogen) atoms. The molecule has 1 aliphatic heterocycles. The Balaban J connectivity index is 1.77. The van der Waals surface area contributed by atoms with Crippen LogP contribution in [0.4, 0.5) is 0 Å². The summed E-state index contributed by atoms with van der Waals surface area (Å²) < 4.78 is 12.0. The second-order valence-corrected chi connectivity index (χ2v) is 9.66. The SMILES string of the molecule is CCCCCN1C(=O)c2[nH]nc(-c3ccccc3O)c2C1c1ccc(OCCC(C)C)c(OCC)c1. The van der Waals surface area contributed by atoms with Crippen molar-refractivity contribution in [2.45, 2.75) is 59.4 Å². The highest BCUT2D eigenvalue weighted by molar-refractivity contribution is 6.00. The number of rotatable bonds is 12. The van der Waals surface area contributed by atoms with Crippen molar-refractivity contribution in [1.82, 2.24) is 15.1 Å². The number of para-hydroxylation sites is 1. The van der Waals surface area contributed by atoms with Gasteiger partial charge >= 0.3 is 0 Å². The number of hydrogen-bond acceptors (Lipinski definition) is 5. The lowest BCUT2D eigenvalue weighted by Gasteiger charge is -2.27. The molecule has 7 nitrogen and oxygen atoms in total. The normalized spacial score (nSPS) is 15.0. The van der Waals surface area contributed by atoms with Gasteiger partial charge in [-0.05, 0) is 55.5 Å². The quantitative estimate of drug-likeness (QED) is 0.289. The number of benzene rings is 2. The van der Waals surface area contributed by atoms with E-state index >= 15 is 0 Å². The number of hydrogen-bond donors (Lipinski definition) is 2.